The van der Waals surface area contributed by atoms with Gasteiger partial charge < -0.3 is 18.6 Å². The summed E-state index contributed by atoms with van der Waals surface area (Å²) in [7, 11) is 0. The summed E-state index contributed by atoms with van der Waals surface area (Å²) in [6, 6.07) is 88.8. The fourth-order valence-corrected chi connectivity index (χ4v) is 11.8. The van der Waals surface area contributed by atoms with E-state index in [1.54, 1.807) is 0 Å². The molecule has 6 heteroatoms. The highest BCUT2D eigenvalue weighted by molar-refractivity contribution is 6.15. The molecule has 0 unspecified atom stereocenters. The molecule has 2 heterocycles. The van der Waals surface area contributed by atoms with Crippen molar-refractivity contribution < 1.29 is 8.83 Å². The van der Waals surface area contributed by atoms with Gasteiger partial charge in [-0.1, -0.05) is 176 Å². The van der Waals surface area contributed by atoms with Crippen LogP contribution in [0.15, 0.2) is 251 Å². The van der Waals surface area contributed by atoms with E-state index < -0.39 is 5.41 Å². The van der Waals surface area contributed by atoms with Gasteiger partial charge in [0.1, 0.15) is 23.3 Å². The molecular formula is C67H40N4O2. The van der Waals surface area contributed by atoms with Crippen LogP contribution in [0.5, 0.6) is 0 Å². The van der Waals surface area contributed by atoms with Gasteiger partial charge in [0.15, 0.2) is 11.2 Å². The molecule has 0 amide bonds. The average Bonchev–Trinajstić information content (AvgIpc) is 4.14. The summed E-state index contributed by atoms with van der Waals surface area (Å²) in [5, 5.41) is 27.8. The van der Waals surface area contributed by atoms with Crippen LogP contribution in [0.2, 0.25) is 0 Å². The van der Waals surface area contributed by atoms with Gasteiger partial charge in [-0.15, -0.1) is 0 Å². The number of benzene rings is 11. The van der Waals surface area contributed by atoms with Crippen LogP contribution in [0.1, 0.15) is 33.4 Å². The summed E-state index contributed by atoms with van der Waals surface area (Å²) in [5.41, 5.74) is 14.6. The molecule has 73 heavy (non-hydrogen) atoms. The SMILES string of the molecule is N#Cc1ccccc1N(c1ccc2c(c1)C(c1ccccc1)(c1ccccc1)c1cc(N(c3ccccc3C#N)c3cccc4c3oc3ccccc34)c3ccccc3c1-2)c1cccc2c1oc1ccccc12. The Morgan fingerprint density at radius 2 is 0.795 bits per heavy atom. The Hall–Kier alpha value is -10.1. The largest absolute Gasteiger partial charge is 0.454 e. The molecule has 1 aliphatic carbocycles. The second-order valence-electron chi connectivity index (χ2n) is 18.5. The van der Waals surface area contributed by atoms with Crippen molar-refractivity contribution in [3.8, 4) is 23.3 Å². The number of hydrogen-bond acceptors (Lipinski definition) is 6. The normalized spacial score (nSPS) is 12.5. The zero-order chi connectivity index (χ0) is 48.6. The highest BCUT2D eigenvalue weighted by atomic mass is 16.3. The summed E-state index contributed by atoms with van der Waals surface area (Å²) in [6.45, 7) is 0. The molecule has 6 nitrogen and oxygen atoms in total. The second-order valence-corrected chi connectivity index (χ2v) is 18.5. The highest BCUT2D eigenvalue weighted by Gasteiger charge is 2.48. The van der Waals surface area contributed by atoms with Gasteiger partial charge in [-0.25, -0.2) is 0 Å². The zero-order valence-electron chi connectivity index (χ0n) is 39.2. The molecular weight excluding hydrogens is 893 g/mol. The minimum absolute atomic E-state index is 0.530. The molecule has 340 valence electrons. The molecule has 2 aromatic heterocycles. The van der Waals surface area contributed by atoms with Gasteiger partial charge in [-0.2, -0.15) is 10.5 Å². The predicted molar refractivity (Wildman–Crippen MR) is 295 cm³/mol. The van der Waals surface area contributed by atoms with Gasteiger partial charge in [-0.05, 0) is 105 Å². The summed E-state index contributed by atoms with van der Waals surface area (Å²) < 4.78 is 13.6. The molecule has 0 radical (unpaired) electrons. The van der Waals surface area contributed by atoms with E-state index in [9.17, 15) is 10.5 Å². The van der Waals surface area contributed by atoms with Crippen molar-refractivity contribution in [2.24, 2.45) is 0 Å². The second kappa shape index (κ2) is 16.5. The van der Waals surface area contributed by atoms with Crippen LogP contribution in [-0.2, 0) is 5.41 Å². The lowest BCUT2D eigenvalue weighted by Gasteiger charge is -2.36. The average molecular weight is 933 g/mol. The molecule has 0 saturated carbocycles. The number of para-hydroxylation sites is 6. The fourth-order valence-electron chi connectivity index (χ4n) is 11.8. The number of rotatable bonds is 8. The topological polar surface area (TPSA) is 80.3 Å². The van der Waals surface area contributed by atoms with E-state index >= 15 is 0 Å². The van der Waals surface area contributed by atoms with E-state index in [1.807, 2.05) is 84.9 Å². The first kappa shape index (κ1) is 41.8. The molecule has 14 rings (SSSR count). The van der Waals surface area contributed by atoms with Gasteiger partial charge in [0.25, 0.3) is 0 Å². The molecule has 13 aromatic rings. The van der Waals surface area contributed by atoms with E-state index in [0.717, 1.165) is 122 Å². The van der Waals surface area contributed by atoms with Crippen LogP contribution in [0.4, 0.5) is 34.1 Å². The molecule has 0 aliphatic heterocycles. The lowest BCUT2D eigenvalue weighted by atomic mass is 9.67. The van der Waals surface area contributed by atoms with E-state index in [2.05, 4.69) is 180 Å². The van der Waals surface area contributed by atoms with Gasteiger partial charge in [0.05, 0.1) is 45.0 Å². The molecule has 0 spiro atoms. The first-order valence-electron chi connectivity index (χ1n) is 24.4. The molecule has 0 atom stereocenters. The van der Waals surface area contributed by atoms with Crippen molar-refractivity contribution in [3.05, 3.63) is 276 Å². The van der Waals surface area contributed by atoms with Crippen molar-refractivity contribution in [2.45, 2.75) is 5.41 Å². The van der Waals surface area contributed by atoms with Gasteiger partial charge in [0, 0.05) is 32.6 Å². The Kier molecular flexibility index (Phi) is 9.44. The number of anilines is 6. The first-order valence-corrected chi connectivity index (χ1v) is 24.4. The maximum absolute atomic E-state index is 10.9. The lowest BCUT2D eigenvalue weighted by Crippen LogP contribution is -2.29. The van der Waals surface area contributed by atoms with Crippen LogP contribution in [0, 0.1) is 22.7 Å². The van der Waals surface area contributed by atoms with Crippen molar-refractivity contribution in [2.75, 3.05) is 9.80 Å². The highest BCUT2D eigenvalue weighted by Crippen LogP contribution is 2.61. The summed E-state index contributed by atoms with van der Waals surface area (Å²) in [4.78, 5) is 4.42. The number of nitrogens with zero attached hydrogens (tertiary/aromatic N) is 4. The minimum Gasteiger partial charge on any atom is -0.454 e. The number of fused-ring (bicyclic) bond motifs is 11. The van der Waals surface area contributed by atoms with Crippen LogP contribution in [0.25, 0.3) is 65.8 Å². The van der Waals surface area contributed by atoms with Gasteiger partial charge in [-0.3, -0.25) is 0 Å². The quantitative estimate of drug-likeness (QED) is 0.151. The van der Waals surface area contributed by atoms with Crippen LogP contribution >= 0.6 is 0 Å². The monoisotopic (exact) mass is 932 g/mol. The van der Waals surface area contributed by atoms with E-state index in [-0.39, 0.29) is 0 Å². The maximum atomic E-state index is 10.9. The third-order valence-corrected chi connectivity index (χ3v) is 14.8. The van der Waals surface area contributed by atoms with Crippen molar-refractivity contribution in [3.63, 3.8) is 0 Å². The first-order chi connectivity index (χ1) is 36.1. The number of nitriles is 2. The minimum atomic E-state index is -0.889. The van der Waals surface area contributed by atoms with Crippen LogP contribution in [0.3, 0.4) is 0 Å². The summed E-state index contributed by atoms with van der Waals surface area (Å²) in [6.07, 6.45) is 0. The van der Waals surface area contributed by atoms with E-state index in [0.29, 0.717) is 11.1 Å². The van der Waals surface area contributed by atoms with Gasteiger partial charge >= 0.3 is 0 Å². The Balaban J connectivity index is 1.11. The lowest BCUT2D eigenvalue weighted by molar-refractivity contribution is 0.668. The maximum Gasteiger partial charge on any atom is 0.159 e. The smallest absolute Gasteiger partial charge is 0.159 e. The third-order valence-electron chi connectivity index (χ3n) is 14.8. The van der Waals surface area contributed by atoms with Crippen LogP contribution < -0.4 is 9.80 Å². The fraction of sp³-hybridized carbons (Fsp3) is 0.0149. The Bertz CT molecular complexity index is 4400. The third kappa shape index (κ3) is 6.15. The molecule has 0 N–H and O–H groups in total. The Morgan fingerprint density at radius 1 is 0.342 bits per heavy atom. The molecule has 0 bridgehead atoms. The van der Waals surface area contributed by atoms with Crippen molar-refractivity contribution >= 4 is 88.8 Å². The van der Waals surface area contributed by atoms with Crippen molar-refractivity contribution in [1.29, 1.82) is 10.5 Å². The number of furan rings is 2. The molecule has 0 saturated heterocycles. The van der Waals surface area contributed by atoms with Gasteiger partial charge in [0.2, 0.25) is 0 Å². The molecule has 0 fully saturated rings. The Morgan fingerprint density at radius 3 is 1.37 bits per heavy atom. The van der Waals surface area contributed by atoms with Crippen LogP contribution in [-0.4, -0.2) is 0 Å². The predicted octanol–water partition coefficient (Wildman–Crippen LogP) is 17.7. The number of hydrogen-bond donors (Lipinski definition) is 0. The van der Waals surface area contributed by atoms with E-state index in [1.165, 1.54) is 0 Å². The summed E-state index contributed by atoms with van der Waals surface area (Å²) >= 11 is 0. The van der Waals surface area contributed by atoms with E-state index in [4.69, 9.17) is 8.83 Å². The molecule has 1 aliphatic rings. The van der Waals surface area contributed by atoms with Crippen molar-refractivity contribution in [1.82, 2.24) is 0 Å². The zero-order valence-corrected chi connectivity index (χ0v) is 39.2. The Labute approximate surface area is 420 Å². The molecule has 11 aromatic carbocycles. The summed E-state index contributed by atoms with van der Waals surface area (Å²) in [5.74, 6) is 0. The standard InChI is InChI=1S/C67H40N4O2/c68-41-43-19-7-13-31-57(43)70(59-33-17-29-52-49-26-11-15-35-62(49)72-65(52)59)47-37-38-54-55(39-47)67(45-21-3-1-4-22-45,46-23-5-2-6-24-46)56-40-61(48-25-9-10-28-51(48)64(54)56)71(58-32-14-8-20-44(58)42-69)60-34-18-30-53-50-27-12-16-36-63(50)73-66(53)60/h1-40H.